The second-order valence-electron chi connectivity index (χ2n) is 5.88. The molecule has 0 aromatic carbocycles. The van der Waals surface area contributed by atoms with Crippen molar-refractivity contribution in [3.8, 4) is 6.07 Å². The molecule has 0 aliphatic heterocycles. The molecule has 0 bridgehead atoms. The van der Waals surface area contributed by atoms with E-state index < -0.39 is 5.92 Å². The molecule has 120 valence electrons. The van der Waals surface area contributed by atoms with Gasteiger partial charge in [0, 0.05) is 17.6 Å². The summed E-state index contributed by atoms with van der Waals surface area (Å²) in [7, 11) is 0. The fourth-order valence-corrected chi connectivity index (χ4v) is 3.85. The Morgan fingerprint density at radius 2 is 2.17 bits per heavy atom. The molecule has 0 amide bonds. The second-order valence-corrected chi connectivity index (χ2v) is 6.77. The second kappa shape index (κ2) is 7.51. The molecule has 0 saturated heterocycles. The summed E-state index contributed by atoms with van der Waals surface area (Å²) >= 11 is 1.53. The first-order chi connectivity index (χ1) is 11.3. The lowest BCUT2D eigenvalue weighted by molar-refractivity contribution is 0.460. The monoisotopic (exact) mass is 327 g/mol. The van der Waals surface area contributed by atoms with Gasteiger partial charge in [0.15, 0.2) is 0 Å². The first-order valence-electron chi connectivity index (χ1n) is 8.23. The molecule has 3 rings (SSSR count). The number of nitrogens with zero attached hydrogens (tertiary/aromatic N) is 4. The lowest BCUT2D eigenvalue weighted by Crippen LogP contribution is -2.23. The third kappa shape index (κ3) is 3.85. The van der Waals surface area contributed by atoms with Crippen molar-refractivity contribution in [1.29, 1.82) is 5.26 Å². The van der Waals surface area contributed by atoms with E-state index >= 15 is 0 Å². The van der Waals surface area contributed by atoms with Gasteiger partial charge in [0.2, 0.25) is 5.95 Å². The molecule has 23 heavy (non-hydrogen) atoms. The highest BCUT2D eigenvalue weighted by Crippen LogP contribution is 2.27. The fourth-order valence-electron chi connectivity index (χ4n) is 2.90. The van der Waals surface area contributed by atoms with E-state index in [0.29, 0.717) is 12.0 Å². The molecule has 5 nitrogen and oxygen atoms in total. The zero-order valence-corrected chi connectivity index (χ0v) is 14.1. The zero-order chi connectivity index (χ0) is 16.1. The van der Waals surface area contributed by atoms with Crippen molar-refractivity contribution in [3.05, 3.63) is 34.0 Å². The van der Waals surface area contributed by atoms with E-state index in [9.17, 15) is 5.26 Å². The van der Waals surface area contributed by atoms with Crippen LogP contribution in [0.3, 0.4) is 0 Å². The van der Waals surface area contributed by atoms with Crippen molar-refractivity contribution < 1.29 is 0 Å². The summed E-state index contributed by atoms with van der Waals surface area (Å²) in [6, 6.07) is 4.60. The van der Waals surface area contributed by atoms with Gasteiger partial charge in [-0.2, -0.15) is 5.26 Å². The quantitative estimate of drug-likeness (QED) is 0.901. The summed E-state index contributed by atoms with van der Waals surface area (Å²) in [5, 5.41) is 15.8. The van der Waals surface area contributed by atoms with Crippen LogP contribution in [-0.2, 0) is 6.42 Å². The topological polar surface area (TPSA) is 74.5 Å². The average Bonchev–Trinajstić information content (AvgIpc) is 3.06. The van der Waals surface area contributed by atoms with Crippen LogP contribution in [0.2, 0.25) is 0 Å². The number of thiazole rings is 1. The van der Waals surface area contributed by atoms with E-state index in [1.165, 1.54) is 43.4 Å². The molecule has 1 atom stereocenters. The van der Waals surface area contributed by atoms with Crippen molar-refractivity contribution in [2.45, 2.75) is 57.4 Å². The standard InChI is InChI=1S/C17H21N5S/c1-2-12-11-23-16(20-12)14(10-18)15-8-9-19-17(22-15)21-13-6-4-3-5-7-13/h8-9,11,13-14H,2-7H2,1H3,(H,19,21,22). The maximum absolute atomic E-state index is 9.56. The Hall–Kier alpha value is -2.00. The van der Waals surface area contributed by atoms with E-state index in [0.717, 1.165) is 22.8 Å². The van der Waals surface area contributed by atoms with Gasteiger partial charge in [0.25, 0.3) is 0 Å². The SMILES string of the molecule is CCc1csc(C(C#N)c2ccnc(NC3CCCCC3)n2)n1. The Labute approximate surface area is 140 Å². The van der Waals surface area contributed by atoms with Gasteiger partial charge in [-0.3, -0.25) is 0 Å². The molecule has 1 aliphatic rings. The smallest absolute Gasteiger partial charge is 0.223 e. The zero-order valence-electron chi connectivity index (χ0n) is 13.3. The van der Waals surface area contributed by atoms with Crippen molar-refractivity contribution in [1.82, 2.24) is 15.0 Å². The summed E-state index contributed by atoms with van der Waals surface area (Å²) in [5.41, 5.74) is 1.75. The van der Waals surface area contributed by atoms with Gasteiger partial charge in [0.1, 0.15) is 10.9 Å². The normalized spacial score (nSPS) is 16.7. The van der Waals surface area contributed by atoms with Gasteiger partial charge >= 0.3 is 0 Å². The molecule has 1 aliphatic carbocycles. The van der Waals surface area contributed by atoms with Gasteiger partial charge in [-0.15, -0.1) is 11.3 Å². The predicted molar refractivity (Wildman–Crippen MR) is 91.5 cm³/mol. The highest BCUT2D eigenvalue weighted by molar-refractivity contribution is 7.09. The lowest BCUT2D eigenvalue weighted by atomic mass is 9.96. The third-order valence-electron chi connectivity index (χ3n) is 4.22. The lowest BCUT2D eigenvalue weighted by Gasteiger charge is -2.22. The van der Waals surface area contributed by atoms with Gasteiger partial charge in [-0.05, 0) is 25.3 Å². The Bertz CT molecular complexity index is 684. The highest BCUT2D eigenvalue weighted by Gasteiger charge is 2.20. The van der Waals surface area contributed by atoms with Crippen LogP contribution in [0, 0.1) is 11.3 Å². The van der Waals surface area contributed by atoms with Gasteiger partial charge in [-0.25, -0.2) is 15.0 Å². The third-order valence-corrected chi connectivity index (χ3v) is 5.18. The first-order valence-corrected chi connectivity index (χ1v) is 9.11. The Morgan fingerprint density at radius 1 is 1.35 bits per heavy atom. The maximum atomic E-state index is 9.56. The molecular formula is C17H21N5S. The van der Waals surface area contributed by atoms with Crippen LogP contribution in [0.5, 0.6) is 0 Å². The largest absolute Gasteiger partial charge is 0.351 e. The Kier molecular flexibility index (Phi) is 5.19. The maximum Gasteiger partial charge on any atom is 0.223 e. The van der Waals surface area contributed by atoms with Crippen LogP contribution in [0.15, 0.2) is 17.6 Å². The number of hydrogen-bond acceptors (Lipinski definition) is 6. The predicted octanol–water partition coefficient (Wildman–Crippen LogP) is 3.90. The molecule has 1 saturated carbocycles. The van der Waals surface area contributed by atoms with E-state index in [-0.39, 0.29) is 0 Å². The van der Waals surface area contributed by atoms with Crippen LogP contribution in [-0.4, -0.2) is 21.0 Å². The number of rotatable bonds is 5. The number of hydrogen-bond donors (Lipinski definition) is 1. The summed E-state index contributed by atoms with van der Waals surface area (Å²) in [5.74, 6) is 0.206. The summed E-state index contributed by atoms with van der Waals surface area (Å²) < 4.78 is 0. The van der Waals surface area contributed by atoms with Crippen molar-refractivity contribution >= 4 is 17.3 Å². The van der Waals surface area contributed by atoms with Crippen LogP contribution in [0.4, 0.5) is 5.95 Å². The number of anilines is 1. The number of nitriles is 1. The van der Waals surface area contributed by atoms with Crippen molar-refractivity contribution in [2.24, 2.45) is 0 Å². The molecule has 6 heteroatoms. The average molecular weight is 327 g/mol. The van der Waals surface area contributed by atoms with Crippen LogP contribution in [0.1, 0.15) is 61.3 Å². The Balaban J connectivity index is 1.78. The number of aryl methyl sites for hydroxylation is 1. The van der Waals surface area contributed by atoms with Crippen molar-refractivity contribution in [2.75, 3.05) is 5.32 Å². The summed E-state index contributed by atoms with van der Waals surface area (Å²) in [4.78, 5) is 13.4. The fraction of sp³-hybridized carbons (Fsp3) is 0.529. The highest BCUT2D eigenvalue weighted by atomic mass is 32.1. The Morgan fingerprint density at radius 3 is 2.87 bits per heavy atom. The van der Waals surface area contributed by atoms with Crippen LogP contribution >= 0.6 is 11.3 Å². The molecule has 1 N–H and O–H groups in total. The van der Waals surface area contributed by atoms with Crippen LogP contribution < -0.4 is 5.32 Å². The number of aromatic nitrogens is 3. The van der Waals surface area contributed by atoms with Crippen LogP contribution in [0.25, 0.3) is 0 Å². The molecule has 0 radical (unpaired) electrons. The minimum Gasteiger partial charge on any atom is -0.351 e. The molecule has 2 aromatic rings. The minimum atomic E-state index is -0.421. The van der Waals surface area contributed by atoms with E-state index in [2.05, 4.69) is 33.3 Å². The molecule has 0 spiro atoms. The van der Waals surface area contributed by atoms with Gasteiger partial charge < -0.3 is 5.32 Å². The van der Waals surface area contributed by atoms with E-state index in [1.54, 1.807) is 6.20 Å². The van der Waals surface area contributed by atoms with Crippen molar-refractivity contribution in [3.63, 3.8) is 0 Å². The van der Waals surface area contributed by atoms with Gasteiger partial charge in [-0.1, -0.05) is 26.2 Å². The van der Waals surface area contributed by atoms with E-state index in [1.807, 2.05) is 11.4 Å². The minimum absolute atomic E-state index is 0.421. The molecule has 1 unspecified atom stereocenters. The van der Waals surface area contributed by atoms with E-state index in [4.69, 9.17) is 0 Å². The molecule has 1 fully saturated rings. The molecule has 2 aromatic heterocycles. The molecule has 2 heterocycles. The molecular weight excluding hydrogens is 306 g/mol. The summed E-state index contributed by atoms with van der Waals surface area (Å²) in [6.45, 7) is 2.07. The van der Waals surface area contributed by atoms with Gasteiger partial charge in [0.05, 0.1) is 17.5 Å². The summed E-state index contributed by atoms with van der Waals surface area (Å²) in [6.07, 6.45) is 8.79. The first kappa shape index (κ1) is 15.9. The number of nitrogens with one attached hydrogen (secondary N) is 1.